The molecule has 26 heavy (non-hydrogen) atoms. The molecule has 0 N–H and O–H groups in total. The maximum absolute atomic E-state index is 13.1. The van der Waals surface area contributed by atoms with E-state index in [0.717, 1.165) is 15.6 Å². The van der Waals surface area contributed by atoms with Crippen molar-refractivity contribution in [2.45, 2.75) is 25.6 Å². The highest BCUT2D eigenvalue weighted by Gasteiger charge is 2.38. The predicted octanol–water partition coefficient (Wildman–Crippen LogP) is 4.57. The van der Waals surface area contributed by atoms with Crippen LogP contribution in [-0.4, -0.2) is 26.4 Å². The molecular formula is C16H12Cl2F3N5. The molecule has 0 spiro atoms. The van der Waals surface area contributed by atoms with Gasteiger partial charge in [0.05, 0.1) is 6.04 Å². The number of nitrogens with zero attached hydrogens (tertiary/aromatic N) is 5. The molecule has 0 bridgehead atoms. The molecule has 4 rings (SSSR count). The molecule has 0 saturated heterocycles. The lowest BCUT2D eigenvalue weighted by atomic mass is 9.93. The third-order valence-corrected chi connectivity index (χ3v) is 5.07. The number of halogens is 5. The van der Waals surface area contributed by atoms with Gasteiger partial charge < -0.3 is 4.90 Å². The molecule has 1 aliphatic rings. The molecule has 2 aromatic heterocycles. The Morgan fingerprint density at radius 3 is 2.65 bits per heavy atom. The standard InChI is InChI=1S/C16H12Cl2F3N5/c1-8-11-6-9(17)7-12(18)10(11)4-5-25(8)14-3-2-13-22-23-15(16(19,20)21)26(13)24-14/h2-3,6-8H,4-5H2,1H3. The fourth-order valence-corrected chi connectivity index (χ4v) is 3.88. The number of rotatable bonds is 1. The van der Waals surface area contributed by atoms with Gasteiger partial charge in [0.15, 0.2) is 5.65 Å². The van der Waals surface area contributed by atoms with E-state index in [1.54, 1.807) is 12.1 Å². The topological polar surface area (TPSA) is 46.3 Å². The molecule has 0 amide bonds. The Morgan fingerprint density at radius 2 is 1.92 bits per heavy atom. The van der Waals surface area contributed by atoms with Gasteiger partial charge in [-0.3, -0.25) is 0 Å². The zero-order chi connectivity index (χ0) is 18.6. The summed E-state index contributed by atoms with van der Waals surface area (Å²) in [7, 11) is 0. The van der Waals surface area contributed by atoms with Gasteiger partial charge in [-0.15, -0.1) is 15.3 Å². The van der Waals surface area contributed by atoms with Crippen LogP contribution in [0.5, 0.6) is 0 Å². The summed E-state index contributed by atoms with van der Waals surface area (Å²) in [6.07, 6.45) is -3.99. The van der Waals surface area contributed by atoms with Crippen molar-refractivity contribution in [1.82, 2.24) is 19.8 Å². The maximum atomic E-state index is 13.1. The minimum Gasteiger partial charge on any atom is -0.348 e. The summed E-state index contributed by atoms with van der Waals surface area (Å²) in [6, 6.07) is 6.49. The molecule has 3 heterocycles. The Morgan fingerprint density at radius 1 is 1.15 bits per heavy atom. The number of benzene rings is 1. The van der Waals surface area contributed by atoms with Crippen LogP contribution < -0.4 is 4.90 Å². The number of hydrogen-bond donors (Lipinski definition) is 0. The number of aromatic nitrogens is 4. The quantitative estimate of drug-likeness (QED) is 0.598. The highest BCUT2D eigenvalue weighted by Crippen LogP contribution is 2.38. The third-order valence-electron chi connectivity index (χ3n) is 4.51. The van der Waals surface area contributed by atoms with E-state index >= 15 is 0 Å². The number of fused-ring (bicyclic) bond motifs is 2. The van der Waals surface area contributed by atoms with Crippen molar-refractivity contribution in [3.8, 4) is 0 Å². The number of hydrogen-bond acceptors (Lipinski definition) is 4. The summed E-state index contributed by atoms with van der Waals surface area (Å²) in [4.78, 5) is 1.91. The summed E-state index contributed by atoms with van der Waals surface area (Å²) < 4.78 is 40.0. The second kappa shape index (κ2) is 5.99. The zero-order valence-corrected chi connectivity index (χ0v) is 14.9. The molecule has 0 aliphatic carbocycles. The molecule has 1 atom stereocenters. The molecule has 136 valence electrons. The lowest BCUT2D eigenvalue weighted by Crippen LogP contribution is -2.35. The Labute approximate surface area is 156 Å². The average molecular weight is 402 g/mol. The van der Waals surface area contributed by atoms with Crippen LogP contribution in [0, 0.1) is 0 Å². The van der Waals surface area contributed by atoms with E-state index in [4.69, 9.17) is 23.2 Å². The molecule has 1 aromatic carbocycles. The minimum absolute atomic E-state index is 0.0391. The van der Waals surface area contributed by atoms with Crippen molar-refractivity contribution >= 4 is 34.7 Å². The van der Waals surface area contributed by atoms with E-state index in [-0.39, 0.29) is 11.7 Å². The normalized spacial score (nSPS) is 17.6. The summed E-state index contributed by atoms with van der Waals surface area (Å²) >= 11 is 12.4. The summed E-state index contributed by atoms with van der Waals surface area (Å²) in [5, 5.41) is 12.0. The van der Waals surface area contributed by atoms with Crippen LogP contribution >= 0.6 is 23.2 Å². The SMILES string of the molecule is CC1c2cc(Cl)cc(Cl)c2CCN1c1ccc2nnc(C(F)(F)F)n2n1. The van der Waals surface area contributed by atoms with Gasteiger partial charge in [0.25, 0.3) is 5.82 Å². The fraction of sp³-hybridized carbons (Fsp3) is 0.312. The van der Waals surface area contributed by atoms with Crippen molar-refractivity contribution in [3.63, 3.8) is 0 Å². The van der Waals surface area contributed by atoms with Gasteiger partial charge in [0, 0.05) is 16.6 Å². The molecule has 3 aromatic rings. The summed E-state index contributed by atoms with van der Waals surface area (Å²) in [6.45, 7) is 2.50. The van der Waals surface area contributed by atoms with E-state index in [1.165, 1.54) is 6.07 Å². The van der Waals surface area contributed by atoms with Gasteiger partial charge in [-0.05, 0) is 48.7 Å². The molecule has 0 radical (unpaired) electrons. The van der Waals surface area contributed by atoms with E-state index in [2.05, 4.69) is 15.3 Å². The van der Waals surface area contributed by atoms with Crippen molar-refractivity contribution < 1.29 is 13.2 Å². The lowest BCUT2D eigenvalue weighted by Gasteiger charge is -2.36. The Bertz CT molecular complexity index is 1000. The van der Waals surface area contributed by atoms with Crippen LogP contribution in [-0.2, 0) is 12.6 Å². The molecule has 0 saturated carbocycles. The van der Waals surface area contributed by atoms with Crippen LogP contribution in [0.4, 0.5) is 19.0 Å². The van der Waals surface area contributed by atoms with E-state index in [0.29, 0.717) is 28.8 Å². The Kier molecular flexibility index (Phi) is 4.00. The minimum atomic E-state index is -4.63. The Hall–Kier alpha value is -2.06. The Balaban J connectivity index is 1.78. The van der Waals surface area contributed by atoms with Gasteiger partial charge in [0.1, 0.15) is 5.82 Å². The average Bonchev–Trinajstić information content (AvgIpc) is 2.99. The van der Waals surface area contributed by atoms with Gasteiger partial charge in [0.2, 0.25) is 0 Å². The van der Waals surface area contributed by atoms with Crippen LogP contribution in [0.15, 0.2) is 24.3 Å². The molecule has 10 heteroatoms. The first-order valence-corrected chi connectivity index (χ1v) is 8.55. The first-order valence-electron chi connectivity index (χ1n) is 7.80. The lowest BCUT2D eigenvalue weighted by molar-refractivity contribution is -0.146. The van der Waals surface area contributed by atoms with Crippen molar-refractivity contribution in [1.29, 1.82) is 0 Å². The molecule has 5 nitrogen and oxygen atoms in total. The van der Waals surface area contributed by atoms with E-state index < -0.39 is 12.0 Å². The largest absolute Gasteiger partial charge is 0.453 e. The highest BCUT2D eigenvalue weighted by atomic mass is 35.5. The fourth-order valence-electron chi connectivity index (χ4n) is 3.28. The van der Waals surface area contributed by atoms with Crippen LogP contribution in [0.25, 0.3) is 5.65 Å². The second-order valence-corrected chi connectivity index (χ2v) is 6.90. The van der Waals surface area contributed by atoms with Crippen LogP contribution in [0.2, 0.25) is 10.0 Å². The van der Waals surface area contributed by atoms with Crippen molar-refractivity contribution in [3.05, 3.63) is 51.3 Å². The molecule has 1 unspecified atom stereocenters. The third kappa shape index (κ3) is 2.77. The first kappa shape index (κ1) is 17.4. The van der Waals surface area contributed by atoms with Gasteiger partial charge in [-0.25, -0.2) is 0 Å². The molecule has 1 aliphatic heterocycles. The van der Waals surface area contributed by atoms with Crippen LogP contribution in [0.3, 0.4) is 0 Å². The number of alkyl halides is 3. The number of anilines is 1. The zero-order valence-electron chi connectivity index (χ0n) is 13.4. The monoisotopic (exact) mass is 401 g/mol. The molecular weight excluding hydrogens is 390 g/mol. The smallest absolute Gasteiger partial charge is 0.348 e. The second-order valence-electron chi connectivity index (χ2n) is 6.06. The molecule has 0 fully saturated rings. The van der Waals surface area contributed by atoms with Crippen LogP contribution in [0.1, 0.15) is 29.9 Å². The van der Waals surface area contributed by atoms with Gasteiger partial charge >= 0.3 is 6.18 Å². The van der Waals surface area contributed by atoms with Gasteiger partial charge in [-0.2, -0.15) is 17.7 Å². The maximum Gasteiger partial charge on any atom is 0.453 e. The summed E-state index contributed by atoms with van der Waals surface area (Å²) in [5.41, 5.74) is 1.98. The highest BCUT2D eigenvalue weighted by molar-refractivity contribution is 6.35. The first-order chi connectivity index (χ1) is 12.3. The summed E-state index contributed by atoms with van der Waals surface area (Å²) in [5.74, 6) is -0.748. The van der Waals surface area contributed by atoms with Crippen molar-refractivity contribution in [2.24, 2.45) is 0 Å². The van der Waals surface area contributed by atoms with E-state index in [9.17, 15) is 13.2 Å². The van der Waals surface area contributed by atoms with Crippen molar-refractivity contribution in [2.75, 3.05) is 11.4 Å². The predicted molar refractivity (Wildman–Crippen MR) is 91.7 cm³/mol. The van der Waals surface area contributed by atoms with E-state index in [1.807, 2.05) is 17.9 Å². The van der Waals surface area contributed by atoms with Gasteiger partial charge in [-0.1, -0.05) is 23.2 Å².